The van der Waals surface area contributed by atoms with Crippen LogP contribution in [0.15, 0.2) is 12.2 Å². The summed E-state index contributed by atoms with van der Waals surface area (Å²) < 4.78 is 0. The number of unbranched alkanes of at least 4 members (excludes halogenated alkanes) is 23. The third-order valence-electron chi connectivity index (χ3n) is 6.68. The van der Waals surface area contributed by atoms with Gasteiger partial charge in [0.25, 0.3) is 0 Å². The first-order valence-electron chi connectivity index (χ1n) is 14.7. The van der Waals surface area contributed by atoms with Crippen LogP contribution in [0.1, 0.15) is 174 Å². The highest BCUT2D eigenvalue weighted by Crippen LogP contribution is 2.14. The van der Waals surface area contributed by atoms with Crippen molar-refractivity contribution >= 4 is 5.91 Å². The van der Waals surface area contributed by atoms with E-state index in [0.29, 0.717) is 6.42 Å². The Balaban J connectivity index is 3.08. The van der Waals surface area contributed by atoms with Crippen LogP contribution >= 0.6 is 0 Å². The van der Waals surface area contributed by atoms with Crippen LogP contribution in [0.4, 0.5) is 0 Å². The predicted octanol–water partition coefficient (Wildman–Crippen LogP) is 10.2. The molecule has 0 heterocycles. The molecule has 0 aromatic carbocycles. The number of rotatable bonds is 27. The smallest absolute Gasteiger partial charge is 0.217 e. The van der Waals surface area contributed by atoms with Gasteiger partial charge in [0.1, 0.15) is 0 Å². The van der Waals surface area contributed by atoms with Crippen molar-refractivity contribution in [2.24, 2.45) is 5.73 Å². The Morgan fingerprint density at radius 1 is 0.469 bits per heavy atom. The first-order valence-corrected chi connectivity index (χ1v) is 14.7. The Hall–Kier alpha value is -0.790. The molecule has 0 radical (unpaired) electrons. The maximum atomic E-state index is 10.7. The lowest BCUT2D eigenvalue weighted by Gasteiger charge is -2.03. The standard InChI is InChI=1S/C30H59NO/c1-2-3-4-5-6-7-8-9-10-11-12-13-14-15-16-17-18-19-20-21-22-23-24-25-26-27-28-29-30(31)32/h17-18H,2-16,19-29H2,1H3,(H2,31,32)/b18-17-. The van der Waals surface area contributed by atoms with Crippen LogP contribution in [-0.2, 0) is 4.79 Å². The Morgan fingerprint density at radius 3 is 1.06 bits per heavy atom. The topological polar surface area (TPSA) is 43.1 Å². The lowest BCUT2D eigenvalue weighted by molar-refractivity contribution is -0.118. The van der Waals surface area contributed by atoms with E-state index in [-0.39, 0.29) is 5.91 Å². The zero-order valence-electron chi connectivity index (χ0n) is 22.0. The van der Waals surface area contributed by atoms with E-state index in [4.69, 9.17) is 5.73 Å². The van der Waals surface area contributed by atoms with E-state index in [9.17, 15) is 4.79 Å². The Bertz CT molecular complexity index is 390. The minimum atomic E-state index is -0.154. The van der Waals surface area contributed by atoms with Crippen LogP contribution in [0.5, 0.6) is 0 Å². The highest BCUT2D eigenvalue weighted by atomic mass is 16.1. The Morgan fingerprint density at radius 2 is 0.750 bits per heavy atom. The number of carbonyl (C=O) groups is 1. The van der Waals surface area contributed by atoms with Crippen LogP contribution in [0.3, 0.4) is 0 Å². The fourth-order valence-electron chi connectivity index (χ4n) is 4.49. The summed E-state index contributed by atoms with van der Waals surface area (Å²) in [6.07, 6.45) is 39.7. The first-order chi connectivity index (χ1) is 15.8. The molecule has 0 unspecified atom stereocenters. The van der Waals surface area contributed by atoms with Crippen LogP contribution in [0.25, 0.3) is 0 Å². The lowest BCUT2D eigenvalue weighted by atomic mass is 10.0. The van der Waals surface area contributed by atoms with Crippen LogP contribution in [0.2, 0.25) is 0 Å². The molecule has 0 saturated carbocycles. The molecule has 0 rings (SSSR count). The molecule has 2 N–H and O–H groups in total. The number of allylic oxidation sites excluding steroid dienone is 2. The van der Waals surface area contributed by atoms with Gasteiger partial charge >= 0.3 is 0 Å². The van der Waals surface area contributed by atoms with Gasteiger partial charge in [0.2, 0.25) is 5.91 Å². The fraction of sp³-hybridized carbons (Fsp3) is 0.900. The molecule has 0 atom stereocenters. The Labute approximate surface area is 202 Å². The molecule has 0 aliphatic rings. The molecule has 0 saturated heterocycles. The second kappa shape index (κ2) is 28.2. The zero-order valence-corrected chi connectivity index (χ0v) is 22.0. The second-order valence-electron chi connectivity index (χ2n) is 10.0. The molecule has 0 spiro atoms. The minimum Gasteiger partial charge on any atom is -0.370 e. The average Bonchev–Trinajstić information content (AvgIpc) is 2.78. The van der Waals surface area contributed by atoms with Gasteiger partial charge in [0.15, 0.2) is 0 Å². The first kappa shape index (κ1) is 31.2. The molecule has 0 fully saturated rings. The molecule has 0 aromatic rings. The number of amides is 1. The molecular formula is C30H59NO. The summed E-state index contributed by atoms with van der Waals surface area (Å²) in [7, 11) is 0. The number of primary amides is 1. The average molecular weight is 450 g/mol. The van der Waals surface area contributed by atoms with Crippen molar-refractivity contribution in [3.63, 3.8) is 0 Å². The summed E-state index contributed by atoms with van der Waals surface area (Å²) in [5.74, 6) is -0.154. The molecular weight excluding hydrogens is 390 g/mol. The van der Waals surface area contributed by atoms with Crippen molar-refractivity contribution in [2.75, 3.05) is 0 Å². The third-order valence-corrected chi connectivity index (χ3v) is 6.68. The highest BCUT2D eigenvalue weighted by Gasteiger charge is 1.96. The summed E-state index contributed by atoms with van der Waals surface area (Å²) in [5, 5.41) is 0. The van der Waals surface area contributed by atoms with Crippen LogP contribution in [-0.4, -0.2) is 5.91 Å². The summed E-state index contributed by atoms with van der Waals surface area (Å²) >= 11 is 0. The molecule has 0 bridgehead atoms. The van der Waals surface area contributed by atoms with Crippen molar-refractivity contribution in [2.45, 2.75) is 174 Å². The number of nitrogens with two attached hydrogens (primary N) is 1. The van der Waals surface area contributed by atoms with Crippen LogP contribution < -0.4 is 5.73 Å². The van der Waals surface area contributed by atoms with Gasteiger partial charge in [0.05, 0.1) is 0 Å². The van der Waals surface area contributed by atoms with Gasteiger partial charge in [-0.1, -0.05) is 147 Å². The van der Waals surface area contributed by atoms with Gasteiger partial charge in [0, 0.05) is 6.42 Å². The van der Waals surface area contributed by atoms with E-state index in [1.807, 2.05) is 0 Å². The maximum absolute atomic E-state index is 10.7. The zero-order chi connectivity index (χ0) is 23.4. The van der Waals surface area contributed by atoms with Gasteiger partial charge in [-0.2, -0.15) is 0 Å². The van der Waals surface area contributed by atoms with Gasteiger partial charge in [-0.05, 0) is 32.1 Å². The van der Waals surface area contributed by atoms with Crippen molar-refractivity contribution in [1.29, 1.82) is 0 Å². The third kappa shape index (κ3) is 29.2. The van der Waals surface area contributed by atoms with Gasteiger partial charge in [-0.25, -0.2) is 0 Å². The van der Waals surface area contributed by atoms with Crippen molar-refractivity contribution < 1.29 is 4.79 Å². The predicted molar refractivity (Wildman–Crippen MR) is 144 cm³/mol. The molecule has 0 aliphatic carbocycles. The second-order valence-corrected chi connectivity index (χ2v) is 10.0. The summed E-state index contributed by atoms with van der Waals surface area (Å²) in [5.41, 5.74) is 5.15. The van der Waals surface area contributed by atoms with Crippen molar-refractivity contribution in [1.82, 2.24) is 0 Å². The van der Waals surface area contributed by atoms with E-state index in [1.54, 1.807) is 0 Å². The molecule has 2 nitrogen and oxygen atoms in total. The molecule has 0 aliphatic heterocycles. The largest absolute Gasteiger partial charge is 0.370 e. The van der Waals surface area contributed by atoms with Crippen LogP contribution in [0, 0.1) is 0 Å². The lowest BCUT2D eigenvalue weighted by Crippen LogP contribution is -2.09. The molecule has 0 aromatic heterocycles. The monoisotopic (exact) mass is 449 g/mol. The summed E-state index contributed by atoms with van der Waals surface area (Å²) in [4.78, 5) is 10.7. The van der Waals surface area contributed by atoms with E-state index >= 15 is 0 Å². The molecule has 2 heteroatoms. The quantitative estimate of drug-likeness (QED) is 0.0983. The van der Waals surface area contributed by atoms with E-state index in [2.05, 4.69) is 19.1 Å². The van der Waals surface area contributed by atoms with E-state index < -0.39 is 0 Å². The molecule has 190 valence electrons. The SMILES string of the molecule is CCCCCCCCCCCCCCCC/C=C\CCCCCCCCCCCC(N)=O. The number of hydrogen-bond acceptors (Lipinski definition) is 1. The van der Waals surface area contributed by atoms with Gasteiger partial charge in [-0.3, -0.25) is 4.79 Å². The Kier molecular flexibility index (Phi) is 27.5. The molecule has 1 amide bonds. The maximum Gasteiger partial charge on any atom is 0.217 e. The van der Waals surface area contributed by atoms with Gasteiger partial charge < -0.3 is 5.73 Å². The van der Waals surface area contributed by atoms with Gasteiger partial charge in [-0.15, -0.1) is 0 Å². The normalized spacial score (nSPS) is 11.5. The summed E-state index contributed by atoms with van der Waals surface area (Å²) in [6.45, 7) is 2.30. The van der Waals surface area contributed by atoms with Crippen molar-refractivity contribution in [3.05, 3.63) is 12.2 Å². The number of carbonyl (C=O) groups excluding carboxylic acids is 1. The van der Waals surface area contributed by atoms with E-state index in [0.717, 1.165) is 12.8 Å². The highest BCUT2D eigenvalue weighted by molar-refractivity contribution is 5.73. The van der Waals surface area contributed by atoms with E-state index in [1.165, 1.54) is 148 Å². The number of hydrogen-bond donors (Lipinski definition) is 1. The minimum absolute atomic E-state index is 0.154. The molecule has 32 heavy (non-hydrogen) atoms. The fourth-order valence-corrected chi connectivity index (χ4v) is 4.49. The summed E-state index contributed by atoms with van der Waals surface area (Å²) in [6, 6.07) is 0. The van der Waals surface area contributed by atoms with Crippen molar-refractivity contribution in [3.8, 4) is 0 Å².